The number of hydrogen-bond acceptors (Lipinski definition) is 8. The van der Waals surface area contributed by atoms with Crippen molar-refractivity contribution in [2.45, 2.75) is 0 Å². The van der Waals surface area contributed by atoms with Crippen LogP contribution >= 0.6 is 11.8 Å². The molecule has 130 valence electrons. The number of thioether (sulfide) groups is 1. The number of benzene rings is 1. The maximum atomic E-state index is 14.1. The fourth-order valence-electron chi connectivity index (χ4n) is 1.70. The Morgan fingerprint density at radius 1 is 1.28 bits per heavy atom. The van der Waals surface area contributed by atoms with E-state index in [2.05, 4.69) is 25.0 Å². The van der Waals surface area contributed by atoms with Gasteiger partial charge in [0.25, 0.3) is 5.91 Å². The third-order valence-electron chi connectivity index (χ3n) is 2.88. The first-order chi connectivity index (χ1) is 12.0. The highest BCUT2D eigenvalue weighted by Crippen LogP contribution is 2.23. The van der Waals surface area contributed by atoms with Crippen LogP contribution in [0.5, 0.6) is 0 Å². The summed E-state index contributed by atoms with van der Waals surface area (Å²) in [4.78, 5) is 34.3. The van der Waals surface area contributed by atoms with Crippen molar-refractivity contribution in [3.63, 3.8) is 0 Å². The van der Waals surface area contributed by atoms with Crippen LogP contribution in [0.25, 0.3) is 0 Å². The molecule has 0 spiro atoms. The first-order valence-electron chi connectivity index (χ1n) is 6.73. The summed E-state index contributed by atoms with van der Waals surface area (Å²) in [6.07, 6.45) is 2.11. The van der Waals surface area contributed by atoms with Crippen LogP contribution in [-0.2, 0) is 19.1 Å². The number of nitrogens with one attached hydrogen (secondary N) is 1. The van der Waals surface area contributed by atoms with Gasteiger partial charge in [0.1, 0.15) is 5.82 Å². The second-order valence-corrected chi connectivity index (χ2v) is 5.47. The molecule has 0 bridgehead atoms. The van der Waals surface area contributed by atoms with E-state index in [1.807, 2.05) is 0 Å². The Morgan fingerprint density at radius 2 is 2.04 bits per heavy atom. The summed E-state index contributed by atoms with van der Waals surface area (Å²) < 4.78 is 23.0. The normalized spacial score (nSPS) is 17.2. The monoisotopic (exact) mass is 365 g/mol. The lowest BCUT2D eigenvalue weighted by molar-refractivity contribution is -0.135. The highest BCUT2D eigenvalue weighted by Gasteiger charge is 2.25. The van der Waals surface area contributed by atoms with E-state index < -0.39 is 23.7 Å². The summed E-state index contributed by atoms with van der Waals surface area (Å²) in [6.45, 7) is 0. The van der Waals surface area contributed by atoms with Gasteiger partial charge in [-0.2, -0.15) is 5.10 Å². The molecule has 0 aliphatic carbocycles. The molecule has 1 fully saturated rings. The van der Waals surface area contributed by atoms with Crippen molar-refractivity contribution >= 4 is 41.0 Å². The molecule has 25 heavy (non-hydrogen) atoms. The van der Waals surface area contributed by atoms with Gasteiger partial charge < -0.3 is 9.47 Å². The highest BCUT2D eigenvalue weighted by molar-refractivity contribution is 8.18. The predicted octanol–water partition coefficient (Wildman–Crippen LogP) is 1.22. The van der Waals surface area contributed by atoms with Gasteiger partial charge in [0.2, 0.25) is 0 Å². The lowest BCUT2D eigenvalue weighted by Crippen LogP contribution is -2.19. The summed E-state index contributed by atoms with van der Waals surface area (Å²) >= 11 is 0.881. The molecule has 1 amide bonds. The average molecular weight is 365 g/mol. The first-order valence-corrected chi connectivity index (χ1v) is 7.54. The summed E-state index contributed by atoms with van der Waals surface area (Å²) in [7, 11) is 2.33. The number of methoxy groups -OCH3 is 2. The Labute approximate surface area is 145 Å². The third-order valence-corrected chi connectivity index (χ3v) is 3.78. The van der Waals surface area contributed by atoms with Gasteiger partial charge in [-0.3, -0.25) is 10.1 Å². The lowest BCUT2D eigenvalue weighted by atomic mass is 10.1. The summed E-state index contributed by atoms with van der Waals surface area (Å²) in [5.41, 5.74) is -0.210. The van der Waals surface area contributed by atoms with Gasteiger partial charge in [-0.15, -0.1) is 5.10 Å². The molecule has 1 heterocycles. The lowest BCUT2D eigenvalue weighted by Gasteiger charge is -2.02. The molecule has 0 unspecified atom stereocenters. The van der Waals surface area contributed by atoms with E-state index in [0.29, 0.717) is 0 Å². The largest absolute Gasteiger partial charge is 0.466 e. The van der Waals surface area contributed by atoms with Crippen molar-refractivity contribution in [1.82, 2.24) is 5.32 Å². The minimum absolute atomic E-state index is 0.0203. The quantitative estimate of drug-likeness (QED) is 0.372. The zero-order chi connectivity index (χ0) is 18.4. The van der Waals surface area contributed by atoms with E-state index in [9.17, 15) is 18.8 Å². The second-order valence-electron chi connectivity index (χ2n) is 4.44. The summed E-state index contributed by atoms with van der Waals surface area (Å²) in [6, 6.07) is 4.14. The number of carbonyl (C=O) groups excluding carboxylic acids is 3. The number of halogens is 1. The van der Waals surface area contributed by atoms with E-state index in [-0.39, 0.29) is 21.2 Å². The number of amides is 1. The molecule has 1 aromatic carbocycles. The SMILES string of the molecule is COC(=O)/C=C1/S/C(=N\N=Cc2cccc(C(=O)OC)c2F)NC1=O. The van der Waals surface area contributed by atoms with Gasteiger partial charge in [-0.1, -0.05) is 12.1 Å². The number of esters is 2. The van der Waals surface area contributed by atoms with Crippen molar-refractivity contribution in [1.29, 1.82) is 0 Å². The van der Waals surface area contributed by atoms with E-state index in [0.717, 1.165) is 31.2 Å². The smallest absolute Gasteiger partial charge is 0.340 e. The molecule has 0 saturated carbocycles. The molecule has 0 atom stereocenters. The molecule has 1 aliphatic rings. The fourth-order valence-corrected chi connectivity index (χ4v) is 2.44. The Bertz CT molecular complexity index is 819. The zero-order valence-electron chi connectivity index (χ0n) is 13.1. The molecule has 2 rings (SSSR count). The van der Waals surface area contributed by atoms with E-state index >= 15 is 0 Å². The first kappa shape index (κ1) is 18.3. The third kappa shape index (κ3) is 4.51. The molecule has 8 nitrogen and oxygen atoms in total. The standard InChI is InChI=1S/C15H12FN3O5S/c1-23-11(20)6-10-13(21)18-15(25-10)19-17-7-8-4-3-5-9(12(8)16)14(22)24-2/h3-7H,1-2H3,(H,18,19,21)/b10-6+,17-7?. The van der Waals surface area contributed by atoms with Crippen LogP contribution in [0.1, 0.15) is 15.9 Å². The van der Waals surface area contributed by atoms with Crippen molar-refractivity contribution in [3.05, 3.63) is 46.1 Å². The van der Waals surface area contributed by atoms with Crippen molar-refractivity contribution in [2.75, 3.05) is 14.2 Å². The molecule has 0 radical (unpaired) electrons. The van der Waals surface area contributed by atoms with Gasteiger partial charge in [0.05, 0.1) is 30.9 Å². The number of amidine groups is 1. The Balaban J connectivity index is 2.15. The Hall–Kier alpha value is -3.01. The van der Waals surface area contributed by atoms with E-state index in [1.165, 1.54) is 25.3 Å². The number of carbonyl (C=O) groups is 3. The predicted molar refractivity (Wildman–Crippen MR) is 88.6 cm³/mol. The van der Waals surface area contributed by atoms with Crippen LogP contribution in [0.15, 0.2) is 39.4 Å². The maximum absolute atomic E-state index is 14.1. The Kier molecular flexibility index (Phi) is 6.01. The Morgan fingerprint density at radius 3 is 2.72 bits per heavy atom. The minimum Gasteiger partial charge on any atom is -0.466 e. The van der Waals surface area contributed by atoms with Crippen molar-refractivity contribution in [2.24, 2.45) is 10.2 Å². The van der Waals surface area contributed by atoms with Crippen molar-refractivity contribution in [3.8, 4) is 0 Å². The van der Waals surface area contributed by atoms with Gasteiger partial charge >= 0.3 is 11.9 Å². The van der Waals surface area contributed by atoms with Gasteiger partial charge in [-0.25, -0.2) is 14.0 Å². The number of nitrogens with zero attached hydrogens (tertiary/aromatic N) is 2. The van der Waals surface area contributed by atoms with Crippen molar-refractivity contribution < 1.29 is 28.2 Å². The number of ether oxygens (including phenoxy) is 2. The van der Waals surface area contributed by atoms with Crippen LogP contribution in [0, 0.1) is 5.82 Å². The molecular formula is C15H12FN3O5S. The molecule has 1 aromatic rings. The number of rotatable bonds is 4. The fraction of sp³-hybridized carbons (Fsp3) is 0.133. The van der Waals surface area contributed by atoms with Crippen LogP contribution < -0.4 is 5.32 Å². The molecule has 1 saturated heterocycles. The van der Waals surface area contributed by atoms with Gasteiger partial charge in [0.15, 0.2) is 5.17 Å². The van der Waals surface area contributed by atoms with Crippen LogP contribution in [-0.4, -0.2) is 43.4 Å². The highest BCUT2D eigenvalue weighted by atomic mass is 32.2. The van der Waals surface area contributed by atoms with Crippen LogP contribution in [0.3, 0.4) is 0 Å². The molecular weight excluding hydrogens is 353 g/mol. The average Bonchev–Trinajstić information content (AvgIpc) is 2.95. The van der Waals surface area contributed by atoms with Gasteiger partial charge in [-0.05, 0) is 17.8 Å². The van der Waals surface area contributed by atoms with E-state index in [1.54, 1.807) is 0 Å². The van der Waals surface area contributed by atoms with Crippen LogP contribution in [0.2, 0.25) is 0 Å². The topological polar surface area (TPSA) is 106 Å². The zero-order valence-corrected chi connectivity index (χ0v) is 13.9. The summed E-state index contributed by atoms with van der Waals surface area (Å²) in [5.74, 6) is -2.81. The number of hydrogen-bond donors (Lipinski definition) is 1. The van der Waals surface area contributed by atoms with Crippen LogP contribution in [0.4, 0.5) is 4.39 Å². The van der Waals surface area contributed by atoms with E-state index in [4.69, 9.17) is 0 Å². The molecule has 10 heteroatoms. The molecule has 0 aromatic heterocycles. The second kappa shape index (κ2) is 8.20. The maximum Gasteiger partial charge on any atom is 0.340 e. The summed E-state index contributed by atoms with van der Waals surface area (Å²) in [5, 5.41) is 9.90. The molecule has 1 N–H and O–H groups in total. The minimum atomic E-state index is -0.810. The van der Waals surface area contributed by atoms with Gasteiger partial charge in [0, 0.05) is 11.6 Å². The molecule has 1 aliphatic heterocycles.